The van der Waals surface area contributed by atoms with Crippen molar-refractivity contribution in [2.45, 2.75) is 72.6 Å². The zero-order valence-electron chi connectivity index (χ0n) is 20.8. The molecule has 170 valence electrons. The fraction of sp³-hybridized carbons (Fsp3) is 0.393. The van der Waals surface area contributed by atoms with Gasteiger partial charge in [0.15, 0.2) is 0 Å². The van der Waals surface area contributed by atoms with E-state index in [0.29, 0.717) is 0 Å². The van der Waals surface area contributed by atoms with E-state index < -0.39 is 8.14 Å². The van der Waals surface area contributed by atoms with E-state index in [-0.39, 0.29) is 37.0 Å². The van der Waals surface area contributed by atoms with E-state index in [1.807, 2.05) is 30.3 Å². The molecular weight excluding hydrogens is 527 g/mol. The minimum atomic E-state index is -0.639. The van der Waals surface area contributed by atoms with Crippen molar-refractivity contribution in [3.63, 3.8) is 0 Å². The predicted molar refractivity (Wildman–Crippen MR) is 143 cm³/mol. The fourth-order valence-electron chi connectivity index (χ4n) is 4.34. The Morgan fingerprint density at radius 2 is 1.34 bits per heavy atom. The quantitative estimate of drug-likeness (QED) is 0.115. The maximum absolute atomic E-state index is 4.90. The van der Waals surface area contributed by atoms with Gasteiger partial charge in [0.25, 0.3) is 0 Å². The molecule has 0 radical (unpaired) electrons. The van der Waals surface area contributed by atoms with Gasteiger partial charge in [-0.3, -0.25) is 0 Å². The Kier molecular flexibility index (Phi) is 11.3. The van der Waals surface area contributed by atoms with E-state index >= 15 is 0 Å². The van der Waals surface area contributed by atoms with Gasteiger partial charge in [0.05, 0.1) is 0 Å². The molecule has 0 unspecified atom stereocenters. The fourth-order valence-corrected chi connectivity index (χ4v) is 4.34. The molecule has 32 heavy (non-hydrogen) atoms. The third-order valence-electron chi connectivity index (χ3n) is 5.64. The van der Waals surface area contributed by atoms with Crippen molar-refractivity contribution in [2.24, 2.45) is 0 Å². The molecule has 0 amide bonds. The predicted octanol–water partition coefficient (Wildman–Crippen LogP) is 8.14. The zero-order valence-corrected chi connectivity index (χ0v) is 26.2. The van der Waals surface area contributed by atoms with Gasteiger partial charge in [0, 0.05) is 0 Å². The van der Waals surface area contributed by atoms with Crippen LogP contribution in [0.1, 0.15) is 74.9 Å². The third kappa shape index (κ3) is 7.49. The van der Waals surface area contributed by atoms with E-state index in [2.05, 4.69) is 79.7 Å². The summed E-state index contributed by atoms with van der Waals surface area (Å²) in [6.45, 7) is 18.2. The number of benzene rings is 2. The Morgan fingerprint density at radius 3 is 1.78 bits per heavy atom. The smallest absolute Gasteiger partial charge is 0.214 e. The zero-order chi connectivity index (χ0) is 23.4. The molecule has 4 rings (SSSR count). The van der Waals surface area contributed by atoms with Crippen LogP contribution in [-0.2, 0) is 43.5 Å². The molecule has 3 aromatic rings. The van der Waals surface area contributed by atoms with E-state index in [1.165, 1.54) is 44.5 Å². The van der Waals surface area contributed by atoms with Crippen LogP contribution in [0.4, 0.5) is 0 Å². The summed E-state index contributed by atoms with van der Waals surface area (Å²) in [5.74, 6) is 0. The van der Waals surface area contributed by atoms with Gasteiger partial charge in [-0.2, -0.15) is 58.1 Å². The standard InChI is InChI=1S/C23H29.C5H5.Cl2H2Si.Zr/c1-14-9-16-11-17-10-15(2)21(23(6,7)8)13-19(17)18(16)12-20(14)22(3,4)5;1-2-4-5-3-1;1-3-2;/h9,12-13H,11H2,1-8H3;1-5H;3H2;/q2*-1;;+2. The maximum atomic E-state index is 4.90. The summed E-state index contributed by atoms with van der Waals surface area (Å²) in [4.78, 5) is 0. The summed E-state index contributed by atoms with van der Waals surface area (Å²) in [5, 5.41) is 0. The Morgan fingerprint density at radius 1 is 0.844 bits per heavy atom. The molecular formula is C28H36Cl2SiZr. The third-order valence-corrected chi connectivity index (χ3v) is 5.64. The van der Waals surface area contributed by atoms with E-state index in [1.54, 1.807) is 0 Å². The number of fused-ring (bicyclic) bond motifs is 3. The van der Waals surface area contributed by atoms with E-state index in [4.69, 9.17) is 22.2 Å². The summed E-state index contributed by atoms with van der Waals surface area (Å²) in [6.07, 6.45) is 1.03. The second-order valence-electron chi connectivity index (χ2n) is 10.3. The second-order valence-corrected chi connectivity index (χ2v) is 12.9. The molecule has 4 heteroatoms. The first-order valence-corrected chi connectivity index (χ1v) is 15.2. The van der Waals surface area contributed by atoms with Gasteiger partial charge in [0.1, 0.15) is 0 Å². The minimum Gasteiger partial charge on any atom is -0.214 e. The van der Waals surface area contributed by atoms with Gasteiger partial charge in [-0.25, -0.2) is 12.1 Å². The number of aryl methyl sites for hydroxylation is 2. The Balaban J connectivity index is 0.000000485. The molecule has 0 heterocycles. The van der Waals surface area contributed by atoms with Gasteiger partial charge in [0.2, 0.25) is 8.14 Å². The average Bonchev–Trinajstić information content (AvgIpc) is 3.30. The van der Waals surface area contributed by atoms with Crippen LogP contribution in [0.3, 0.4) is 0 Å². The van der Waals surface area contributed by atoms with Crippen molar-refractivity contribution in [3.8, 4) is 11.1 Å². The molecule has 0 aromatic heterocycles. The number of halogens is 2. The number of rotatable bonds is 0. The van der Waals surface area contributed by atoms with Crippen LogP contribution in [-0.4, -0.2) is 8.14 Å². The molecule has 0 fully saturated rings. The number of hydrogen-bond donors (Lipinski definition) is 0. The molecule has 0 atom stereocenters. The maximum Gasteiger partial charge on any atom is 2.00 e. The summed E-state index contributed by atoms with van der Waals surface area (Å²) in [5.41, 5.74) is 11.6. The van der Waals surface area contributed by atoms with Crippen molar-refractivity contribution >= 4 is 30.3 Å². The van der Waals surface area contributed by atoms with Gasteiger partial charge >= 0.3 is 26.2 Å². The van der Waals surface area contributed by atoms with Crippen LogP contribution < -0.4 is 0 Å². The van der Waals surface area contributed by atoms with Crippen molar-refractivity contribution in [2.75, 3.05) is 0 Å². The van der Waals surface area contributed by atoms with Gasteiger partial charge < -0.3 is 0 Å². The van der Waals surface area contributed by atoms with E-state index in [0.717, 1.165) is 6.42 Å². The Hall–Kier alpha value is -0.530. The molecule has 0 saturated heterocycles. The summed E-state index contributed by atoms with van der Waals surface area (Å²) in [6, 6.07) is 20.9. The molecule has 1 aliphatic carbocycles. The number of hydrogen-bond acceptors (Lipinski definition) is 0. The first kappa shape index (κ1) is 29.5. The molecule has 1 aliphatic rings. The van der Waals surface area contributed by atoms with Crippen LogP contribution in [0, 0.1) is 19.9 Å². The van der Waals surface area contributed by atoms with Gasteiger partial charge in [-0.15, -0.1) is 16.7 Å². The molecule has 0 saturated carbocycles. The van der Waals surface area contributed by atoms with Crippen LogP contribution in [0.5, 0.6) is 0 Å². The van der Waals surface area contributed by atoms with Crippen molar-refractivity contribution in [1.29, 1.82) is 0 Å². The largest absolute Gasteiger partial charge is 2.00 e. The second kappa shape index (κ2) is 12.3. The van der Waals surface area contributed by atoms with Crippen LogP contribution >= 0.6 is 22.2 Å². The summed E-state index contributed by atoms with van der Waals surface area (Å²) in [7, 11) is -0.639. The van der Waals surface area contributed by atoms with Crippen molar-refractivity contribution in [3.05, 3.63) is 88.0 Å². The van der Waals surface area contributed by atoms with Crippen LogP contribution in [0.15, 0.2) is 48.5 Å². The minimum absolute atomic E-state index is 0. The average molecular weight is 563 g/mol. The molecule has 0 nitrogen and oxygen atoms in total. The first-order chi connectivity index (χ1) is 14.4. The first-order valence-electron chi connectivity index (χ1n) is 10.9. The SMILES string of the molecule is Cc1[c-]c2c(cc1C(C)(C)C)-c1cc(C(C)(C)C)c(C)cc1C2.Cl[SiH2]Cl.[Zr+2].c1cc[cH-]c1. The van der Waals surface area contributed by atoms with Gasteiger partial charge in [-0.1, -0.05) is 71.6 Å². The topological polar surface area (TPSA) is 0 Å². The Bertz CT molecular complexity index is 909. The van der Waals surface area contributed by atoms with Crippen LogP contribution in [0.25, 0.3) is 11.1 Å². The van der Waals surface area contributed by atoms with Crippen molar-refractivity contribution < 1.29 is 26.2 Å². The molecule has 0 bridgehead atoms. The monoisotopic (exact) mass is 560 g/mol. The molecule has 0 N–H and O–H groups in total. The summed E-state index contributed by atoms with van der Waals surface area (Å²) >= 11 is 9.81. The van der Waals surface area contributed by atoms with Gasteiger partial charge in [-0.05, 0) is 35.4 Å². The Labute approximate surface area is 226 Å². The van der Waals surface area contributed by atoms with E-state index in [9.17, 15) is 0 Å². The normalized spacial score (nSPS) is 11.8. The van der Waals surface area contributed by atoms with Crippen LogP contribution in [0.2, 0.25) is 0 Å². The molecule has 0 aliphatic heterocycles. The molecule has 0 spiro atoms. The summed E-state index contributed by atoms with van der Waals surface area (Å²) < 4.78 is 0. The van der Waals surface area contributed by atoms with Crippen molar-refractivity contribution in [1.82, 2.24) is 0 Å². The molecule has 3 aromatic carbocycles.